The van der Waals surface area contributed by atoms with Crippen LogP contribution in [-0.4, -0.2) is 31.7 Å². The van der Waals surface area contributed by atoms with Crippen molar-refractivity contribution in [3.05, 3.63) is 83.3 Å². The van der Waals surface area contributed by atoms with Crippen LogP contribution in [0.2, 0.25) is 0 Å². The summed E-state index contributed by atoms with van der Waals surface area (Å²) in [7, 11) is 0. The first-order valence-electron chi connectivity index (χ1n) is 12.6. The molecule has 186 valence electrons. The predicted octanol–water partition coefficient (Wildman–Crippen LogP) is 8.04. The Morgan fingerprint density at radius 1 is 0.886 bits per heavy atom. The van der Waals surface area contributed by atoms with Gasteiger partial charge in [-0.25, -0.2) is 0 Å². The van der Waals surface area contributed by atoms with Crippen molar-refractivity contribution < 1.29 is 9.47 Å². The van der Waals surface area contributed by atoms with E-state index in [-0.39, 0.29) is 5.37 Å². The number of allylic oxidation sites excluding steroid dienone is 3. The Morgan fingerprint density at radius 3 is 2.31 bits per heavy atom. The number of likely N-dealkylation sites (N-methyl/N-ethyl adjacent to an activating group) is 1. The number of ether oxygens (including phenoxy) is 2. The van der Waals surface area contributed by atoms with Crippen molar-refractivity contribution >= 4 is 34.9 Å². The van der Waals surface area contributed by atoms with Gasteiger partial charge in [-0.15, -0.1) is 0 Å². The van der Waals surface area contributed by atoms with Crippen molar-refractivity contribution in [2.45, 2.75) is 55.7 Å². The average Bonchev–Trinajstić information content (AvgIpc) is 3.40. The Labute approximate surface area is 219 Å². The fourth-order valence-electron chi connectivity index (χ4n) is 4.44. The van der Waals surface area contributed by atoms with Crippen LogP contribution >= 0.6 is 23.5 Å². The van der Waals surface area contributed by atoms with Gasteiger partial charge < -0.3 is 19.3 Å². The molecule has 0 amide bonds. The third-order valence-corrected chi connectivity index (χ3v) is 8.34. The lowest BCUT2D eigenvalue weighted by Crippen LogP contribution is -2.27. The van der Waals surface area contributed by atoms with E-state index in [4.69, 9.17) is 9.47 Å². The molecule has 0 bridgehead atoms. The number of benzene rings is 2. The zero-order valence-electron chi connectivity index (χ0n) is 21.2. The van der Waals surface area contributed by atoms with Gasteiger partial charge in [0.25, 0.3) is 0 Å². The van der Waals surface area contributed by atoms with Crippen molar-refractivity contribution in [2.24, 2.45) is 0 Å². The Balaban J connectivity index is 1.47. The molecule has 0 spiro atoms. The van der Waals surface area contributed by atoms with Gasteiger partial charge in [-0.05, 0) is 70.5 Å². The Hall–Kier alpha value is -2.44. The maximum atomic E-state index is 6.07. The SMILES string of the molecule is CCOC(=CCCC(=CC1Sc2ccccc2N1CC)OCC)C=C1Sc2ccccc2N1CC. The third-order valence-electron chi connectivity index (χ3n) is 5.99. The summed E-state index contributed by atoms with van der Waals surface area (Å²) in [6, 6.07) is 17.2. The summed E-state index contributed by atoms with van der Waals surface area (Å²) < 4.78 is 12.1. The standard InChI is InChI=1S/C29H36N2O2S2/c1-5-30-24-16-9-11-18-26(24)34-28(30)20-22(32-7-3)14-13-15-23(33-8-4)21-29-31(6-2)25-17-10-12-19-27(25)35-29/h9-12,14,16-21,29H,5-8,13,15H2,1-4H3. The van der Waals surface area contributed by atoms with Gasteiger partial charge in [0.2, 0.25) is 0 Å². The Kier molecular flexibility index (Phi) is 9.16. The summed E-state index contributed by atoms with van der Waals surface area (Å²) in [5, 5.41) is 1.48. The van der Waals surface area contributed by atoms with Gasteiger partial charge in [-0.1, -0.05) is 47.8 Å². The molecular weight excluding hydrogens is 472 g/mol. The quantitative estimate of drug-likeness (QED) is 0.285. The molecule has 0 saturated heterocycles. The van der Waals surface area contributed by atoms with E-state index in [1.54, 1.807) is 0 Å². The van der Waals surface area contributed by atoms with E-state index in [1.807, 2.05) is 30.4 Å². The molecule has 1 unspecified atom stereocenters. The first-order chi connectivity index (χ1) is 17.2. The molecule has 35 heavy (non-hydrogen) atoms. The van der Waals surface area contributed by atoms with Crippen LogP contribution in [0.3, 0.4) is 0 Å². The third kappa shape index (κ3) is 6.04. The van der Waals surface area contributed by atoms with Crippen LogP contribution in [0, 0.1) is 0 Å². The molecule has 0 aromatic heterocycles. The smallest absolute Gasteiger partial charge is 0.117 e. The molecule has 2 aliphatic rings. The van der Waals surface area contributed by atoms with Crippen LogP contribution in [-0.2, 0) is 9.47 Å². The van der Waals surface area contributed by atoms with Crippen molar-refractivity contribution in [3.8, 4) is 0 Å². The van der Waals surface area contributed by atoms with Gasteiger partial charge in [0.05, 0.1) is 35.4 Å². The minimum Gasteiger partial charge on any atom is -0.498 e. The number of thioether (sulfide) groups is 2. The van der Waals surface area contributed by atoms with Crippen LogP contribution in [0.4, 0.5) is 11.4 Å². The van der Waals surface area contributed by atoms with E-state index in [0.717, 1.165) is 37.4 Å². The maximum Gasteiger partial charge on any atom is 0.117 e. The highest BCUT2D eigenvalue weighted by atomic mass is 32.2. The maximum absolute atomic E-state index is 6.07. The molecule has 0 fully saturated rings. The number of rotatable bonds is 11. The van der Waals surface area contributed by atoms with Crippen LogP contribution in [0.1, 0.15) is 40.5 Å². The van der Waals surface area contributed by atoms with Crippen LogP contribution in [0.5, 0.6) is 0 Å². The number of hydrogen-bond donors (Lipinski definition) is 0. The Morgan fingerprint density at radius 2 is 1.60 bits per heavy atom. The van der Waals surface area contributed by atoms with E-state index >= 15 is 0 Å². The second-order valence-corrected chi connectivity index (χ2v) is 10.4. The highest BCUT2D eigenvalue weighted by Gasteiger charge is 2.28. The Bertz CT molecular complexity index is 1100. The molecule has 6 heteroatoms. The van der Waals surface area contributed by atoms with Crippen LogP contribution < -0.4 is 9.80 Å². The molecule has 0 saturated carbocycles. The zero-order valence-corrected chi connectivity index (χ0v) is 22.8. The summed E-state index contributed by atoms with van der Waals surface area (Å²) in [6.07, 6.45) is 8.40. The van der Waals surface area contributed by atoms with Crippen molar-refractivity contribution in [1.82, 2.24) is 0 Å². The van der Waals surface area contributed by atoms with Gasteiger partial charge in [-0.2, -0.15) is 0 Å². The normalized spacial score (nSPS) is 18.7. The van der Waals surface area contributed by atoms with E-state index in [9.17, 15) is 0 Å². The van der Waals surface area contributed by atoms with Gasteiger partial charge >= 0.3 is 0 Å². The molecular formula is C29H36N2O2S2. The van der Waals surface area contributed by atoms with E-state index in [2.05, 4.69) is 97.3 Å². The topological polar surface area (TPSA) is 24.9 Å². The minimum absolute atomic E-state index is 0.267. The second-order valence-electron chi connectivity index (χ2n) is 8.20. The second kappa shape index (κ2) is 12.5. The van der Waals surface area contributed by atoms with Crippen molar-refractivity contribution in [3.63, 3.8) is 0 Å². The largest absolute Gasteiger partial charge is 0.498 e. The summed E-state index contributed by atoms with van der Waals surface area (Å²) in [5.41, 5.74) is 2.59. The number of para-hydroxylation sites is 2. The zero-order chi connectivity index (χ0) is 24.6. The summed E-state index contributed by atoms with van der Waals surface area (Å²) in [4.78, 5) is 7.44. The highest BCUT2D eigenvalue weighted by molar-refractivity contribution is 8.03. The molecule has 1 atom stereocenters. The summed E-state index contributed by atoms with van der Waals surface area (Å²) in [6.45, 7) is 11.7. The predicted molar refractivity (Wildman–Crippen MR) is 151 cm³/mol. The minimum atomic E-state index is 0.267. The van der Waals surface area contributed by atoms with E-state index in [1.165, 1.54) is 26.2 Å². The van der Waals surface area contributed by atoms with E-state index < -0.39 is 0 Å². The monoisotopic (exact) mass is 508 g/mol. The fraction of sp³-hybridized carbons (Fsp3) is 0.379. The summed E-state index contributed by atoms with van der Waals surface area (Å²) in [5.74, 6) is 1.98. The average molecular weight is 509 g/mol. The molecule has 0 N–H and O–H groups in total. The lowest BCUT2D eigenvalue weighted by Gasteiger charge is -2.23. The number of fused-ring (bicyclic) bond motifs is 2. The van der Waals surface area contributed by atoms with Gasteiger partial charge in [0.1, 0.15) is 11.1 Å². The van der Waals surface area contributed by atoms with Crippen molar-refractivity contribution in [1.29, 1.82) is 0 Å². The molecule has 2 aliphatic heterocycles. The van der Waals surface area contributed by atoms with E-state index in [0.29, 0.717) is 13.2 Å². The lowest BCUT2D eigenvalue weighted by molar-refractivity contribution is 0.216. The summed E-state index contributed by atoms with van der Waals surface area (Å²) >= 11 is 3.71. The lowest BCUT2D eigenvalue weighted by atomic mass is 10.2. The van der Waals surface area contributed by atoms with Crippen molar-refractivity contribution in [2.75, 3.05) is 36.1 Å². The molecule has 4 rings (SSSR count). The number of hydrogen-bond acceptors (Lipinski definition) is 6. The molecule has 2 aromatic carbocycles. The molecule has 2 aromatic rings. The molecule has 0 aliphatic carbocycles. The van der Waals surface area contributed by atoms with Gasteiger partial charge in [-0.3, -0.25) is 0 Å². The highest BCUT2D eigenvalue weighted by Crippen LogP contribution is 2.46. The first kappa shape index (κ1) is 25.6. The van der Waals surface area contributed by atoms with Crippen LogP contribution in [0.25, 0.3) is 0 Å². The van der Waals surface area contributed by atoms with Crippen LogP contribution in [0.15, 0.2) is 93.1 Å². The molecule has 0 radical (unpaired) electrons. The molecule has 4 nitrogen and oxygen atoms in total. The number of nitrogens with zero attached hydrogens (tertiary/aromatic N) is 2. The molecule has 2 heterocycles. The number of anilines is 2. The first-order valence-corrected chi connectivity index (χ1v) is 14.3. The van der Waals surface area contributed by atoms with Gasteiger partial charge in [0.15, 0.2) is 0 Å². The van der Waals surface area contributed by atoms with Gasteiger partial charge in [0, 0.05) is 35.4 Å². The fourth-order valence-corrected chi connectivity index (χ4v) is 6.94.